The third-order valence-electron chi connectivity index (χ3n) is 4.24. The van der Waals surface area contributed by atoms with E-state index in [9.17, 15) is 14.4 Å². The monoisotopic (exact) mass is 298 g/mol. The first kappa shape index (κ1) is 15.4. The van der Waals surface area contributed by atoms with Gasteiger partial charge in [0.15, 0.2) is 0 Å². The molecule has 0 atom stereocenters. The highest BCUT2D eigenvalue weighted by molar-refractivity contribution is 7.98. The Morgan fingerprint density at radius 2 is 1.85 bits per heavy atom. The minimum Gasteiger partial charge on any atom is -0.277 e. The molecule has 5 nitrogen and oxygen atoms in total. The molecule has 0 aromatic rings. The van der Waals surface area contributed by atoms with Crippen molar-refractivity contribution in [3.63, 3.8) is 0 Å². The molecule has 2 rings (SSSR count). The van der Waals surface area contributed by atoms with E-state index in [1.54, 1.807) is 0 Å². The number of urea groups is 1. The summed E-state index contributed by atoms with van der Waals surface area (Å²) < 4.78 is 0. The molecule has 0 unspecified atom stereocenters. The number of unbranched alkanes of at least 4 members (excludes halogenated alkanes) is 3. The van der Waals surface area contributed by atoms with Crippen molar-refractivity contribution in [3.05, 3.63) is 0 Å². The molecule has 1 spiro atoms. The first-order valence-electron chi connectivity index (χ1n) is 7.28. The molecule has 20 heavy (non-hydrogen) atoms. The number of imide groups is 2. The van der Waals surface area contributed by atoms with Gasteiger partial charge in [-0.15, -0.1) is 0 Å². The zero-order chi connectivity index (χ0) is 14.6. The summed E-state index contributed by atoms with van der Waals surface area (Å²) in [5.74, 6) is 0.484. The summed E-state index contributed by atoms with van der Waals surface area (Å²) in [5.41, 5.74) is -0.924. The summed E-state index contributed by atoms with van der Waals surface area (Å²) >= 11 is 1.83. The summed E-state index contributed by atoms with van der Waals surface area (Å²) in [6.07, 6.45) is 8.25. The van der Waals surface area contributed by atoms with Crippen LogP contribution < -0.4 is 5.32 Å². The summed E-state index contributed by atoms with van der Waals surface area (Å²) in [5, 5.41) is 2.34. The van der Waals surface area contributed by atoms with Gasteiger partial charge in [0.1, 0.15) is 5.41 Å². The standard InChI is InChI=1S/C14H22N2O3S/c1-20-10-5-3-2-4-9-16-12(18)14(7-6-8-14)11(17)15-13(16)19/h2-10H2,1H3,(H,15,17,19). The lowest BCUT2D eigenvalue weighted by Gasteiger charge is -2.44. The van der Waals surface area contributed by atoms with E-state index in [-0.39, 0.29) is 5.91 Å². The zero-order valence-corrected chi connectivity index (χ0v) is 12.8. The maximum absolute atomic E-state index is 12.4. The molecule has 2 aliphatic rings. The van der Waals surface area contributed by atoms with Crippen molar-refractivity contribution in [2.45, 2.75) is 44.9 Å². The van der Waals surface area contributed by atoms with Crippen molar-refractivity contribution >= 4 is 29.6 Å². The topological polar surface area (TPSA) is 66.5 Å². The lowest BCUT2D eigenvalue weighted by molar-refractivity contribution is -0.157. The number of nitrogens with zero attached hydrogens (tertiary/aromatic N) is 1. The van der Waals surface area contributed by atoms with Crippen LogP contribution in [0.2, 0.25) is 0 Å². The van der Waals surface area contributed by atoms with Gasteiger partial charge in [-0.3, -0.25) is 19.8 Å². The second-order valence-electron chi connectivity index (χ2n) is 5.56. The largest absolute Gasteiger partial charge is 0.330 e. The molecule has 1 saturated heterocycles. The van der Waals surface area contributed by atoms with Crippen molar-refractivity contribution in [2.75, 3.05) is 18.6 Å². The van der Waals surface area contributed by atoms with Crippen LogP contribution in [-0.2, 0) is 9.59 Å². The number of carbonyl (C=O) groups is 3. The molecular formula is C14H22N2O3S. The Morgan fingerprint density at radius 1 is 1.15 bits per heavy atom. The van der Waals surface area contributed by atoms with Gasteiger partial charge in [-0.2, -0.15) is 11.8 Å². The van der Waals surface area contributed by atoms with Gasteiger partial charge >= 0.3 is 6.03 Å². The maximum Gasteiger partial charge on any atom is 0.330 e. The van der Waals surface area contributed by atoms with Crippen LogP contribution in [-0.4, -0.2) is 41.3 Å². The van der Waals surface area contributed by atoms with Gasteiger partial charge in [0, 0.05) is 6.54 Å². The van der Waals surface area contributed by atoms with Gasteiger partial charge in [0.05, 0.1) is 0 Å². The number of thioether (sulfide) groups is 1. The van der Waals surface area contributed by atoms with Crippen LogP contribution in [0.1, 0.15) is 44.9 Å². The molecule has 1 heterocycles. The van der Waals surface area contributed by atoms with Crippen LogP contribution in [0.5, 0.6) is 0 Å². The second-order valence-corrected chi connectivity index (χ2v) is 6.54. The zero-order valence-electron chi connectivity index (χ0n) is 11.9. The molecule has 0 aromatic carbocycles. The minimum absolute atomic E-state index is 0.276. The van der Waals surface area contributed by atoms with Crippen molar-refractivity contribution in [1.29, 1.82) is 0 Å². The number of hydrogen-bond donors (Lipinski definition) is 1. The summed E-state index contributed by atoms with van der Waals surface area (Å²) in [6, 6.07) is -0.540. The van der Waals surface area contributed by atoms with Crippen molar-refractivity contribution in [1.82, 2.24) is 10.2 Å². The molecule has 4 amide bonds. The molecule has 6 heteroatoms. The molecular weight excluding hydrogens is 276 g/mol. The highest BCUT2D eigenvalue weighted by Gasteiger charge is 2.57. The Hall–Kier alpha value is -1.04. The Labute approximate surface area is 123 Å². The van der Waals surface area contributed by atoms with E-state index < -0.39 is 17.4 Å². The number of rotatable bonds is 7. The molecule has 1 aliphatic carbocycles. The van der Waals surface area contributed by atoms with Crippen LogP contribution >= 0.6 is 11.8 Å². The molecule has 112 valence electrons. The molecule has 1 saturated carbocycles. The predicted molar refractivity (Wildman–Crippen MR) is 78.4 cm³/mol. The molecule has 0 radical (unpaired) electrons. The molecule has 1 N–H and O–H groups in total. The van der Waals surface area contributed by atoms with E-state index in [0.29, 0.717) is 19.4 Å². The van der Waals surface area contributed by atoms with E-state index in [1.807, 2.05) is 11.8 Å². The van der Waals surface area contributed by atoms with Gasteiger partial charge in [0.25, 0.3) is 0 Å². The smallest absolute Gasteiger partial charge is 0.277 e. The number of barbiturate groups is 1. The SMILES string of the molecule is CSCCCCCCN1C(=O)NC(=O)C2(CCC2)C1=O. The molecule has 0 bridgehead atoms. The Morgan fingerprint density at radius 3 is 2.45 bits per heavy atom. The van der Waals surface area contributed by atoms with Crippen LogP contribution in [0, 0.1) is 5.41 Å². The average Bonchev–Trinajstić information content (AvgIpc) is 2.35. The quantitative estimate of drug-likeness (QED) is 0.578. The summed E-state index contributed by atoms with van der Waals surface area (Å²) in [6.45, 7) is 0.430. The van der Waals surface area contributed by atoms with Crippen LogP contribution in [0.4, 0.5) is 4.79 Å². The second kappa shape index (κ2) is 6.61. The summed E-state index contributed by atoms with van der Waals surface area (Å²) in [7, 11) is 0. The van der Waals surface area contributed by atoms with E-state index in [1.165, 1.54) is 11.3 Å². The van der Waals surface area contributed by atoms with Gasteiger partial charge < -0.3 is 0 Å². The normalized spacial score (nSPS) is 21.1. The fourth-order valence-electron chi connectivity index (χ4n) is 2.78. The fraction of sp³-hybridized carbons (Fsp3) is 0.786. The van der Waals surface area contributed by atoms with Gasteiger partial charge in [-0.1, -0.05) is 19.3 Å². The van der Waals surface area contributed by atoms with Crippen LogP contribution in [0.15, 0.2) is 0 Å². The third-order valence-corrected chi connectivity index (χ3v) is 4.94. The van der Waals surface area contributed by atoms with E-state index in [0.717, 1.165) is 31.4 Å². The molecule has 2 fully saturated rings. The van der Waals surface area contributed by atoms with Crippen molar-refractivity contribution in [3.8, 4) is 0 Å². The Balaban J connectivity index is 1.82. The fourth-order valence-corrected chi connectivity index (χ4v) is 3.27. The third kappa shape index (κ3) is 2.85. The highest BCUT2D eigenvalue weighted by atomic mass is 32.2. The minimum atomic E-state index is -0.924. The molecule has 1 aliphatic heterocycles. The van der Waals surface area contributed by atoms with Crippen molar-refractivity contribution < 1.29 is 14.4 Å². The summed E-state index contributed by atoms with van der Waals surface area (Å²) in [4.78, 5) is 37.2. The lowest BCUT2D eigenvalue weighted by atomic mass is 9.66. The Bertz CT molecular complexity index is 407. The van der Waals surface area contributed by atoms with Gasteiger partial charge in [-0.05, 0) is 37.7 Å². The van der Waals surface area contributed by atoms with Crippen LogP contribution in [0.25, 0.3) is 0 Å². The van der Waals surface area contributed by atoms with E-state index in [4.69, 9.17) is 0 Å². The van der Waals surface area contributed by atoms with Gasteiger partial charge in [0.2, 0.25) is 11.8 Å². The Kier molecular flexibility index (Phi) is 5.07. The first-order chi connectivity index (χ1) is 9.62. The van der Waals surface area contributed by atoms with E-state index in [2.05, 4.69) is 11.6 Å². The predicted octanol–water partition coefficient (Wildman–Crippen LogP) is 2.16. The first-order valence-corrected chi connectivity index (χ1v) is 8.67. The highest BCUT2D eigenvalue weighted by Crippen LogP contribution is 2.44. The van der Waals surface area contributed by atoms with Crippen LogP contribution in [0.3, 0.4) is 0 Å². The van der Waals surface area contributed by atoms with E-state index >= 15 is 0 Å². The number of carbonyl (C=O) groups excluding carboxylic acids is 3. The number of hydrogen-bond acceptors (Lipinski definition) is 4. The van der Waals surface area contributed by atoms with Crippen molar-refractivity contribution in [2.24, 2.45) is 5.41 Å². The number of nitrogens with one attached hydrogen (secondary N) is 1. The number of amides is 4. The van der Waals surface area contributed by atoms with Gasteiger partial charge in [-0.25, -0.2) is 4.79 Å². The molecule has 0 aromatic heterocycles. The lowest BCUT2D eigenvalue weighted by Crippen LogP contribution is -2.66. The maximum atomic E-state index is 12.4. The average molecular weight is 298 g/mol.